The minimum absolute atomic E-state index is 0.0600. The molecule has 0 aromatic carbocycles. The van der Waals surface area contributed by atoms with Gasteiger partial charge in [0.1, 0.15) is 0 Å². The minimum Gasteiger partial charge on any atom is -0.376 e. The van der Waals surface area contributed by atoms with Crippen molar-refractivity contribution in [2.75, 3.05) is 13.7 Å². The maximum Gasteiger partial charge on any atom is 0.246 e. The molecule has 3 heteroatoms. The first-order valence-corrected chi connectivity index (χ1v) is 4.68. The van der Waals surface area contributed by atoms with Crippen LogP contribution in [0.1, 0.15) is 20.3 Å². The van der Waals surface area contributed by atoms with Crippen LogP contribution in [0.25, 0.3) is 0 Å². The van der Waals surface area contributed by atoms with E-state index in [0.717, 1.165) is 13.0 Å². The molecule has 1 rings (SSSR count). The fourth-order valence-electron chi connectivity index (χ4n) is 1.65. The summed E-state index contributed by atoms with van der Waals surface area (Å²) >= 11 is 0. The van der Waals surface area contributed by atoms with Gasteiger partial charge in [-0.3, -0.25) is 4.79 Å². The summed E-state index contributed by atoms with van der Waals surface area (Å²) < 4.78 is 5.40. The summed E-state index contributed by atoms with van der Waals surface area (Å²) in [6.45, 7) is 4.62. The predicted molar refractivity (Wildman–Crippen MR) is 51.4 cm³/mol. The van der Waals surface area contributed by atoms with Crippen molar-refractivity contribution in [2.45, 2.75) is 32.4 Å². The molecule has 2 atom stereocenters. The van der Waals surface area contributed by atoms with Crippen molar-refractivity contribution in [1.29, 1.82) is 0 Å². The van der Waals surface area contributed by atoms with Crippen molar-refractivity contribution in [1.82, 2.24) is 4.90 Å². The van der Waals surface area contributed by atoms with Gasteiger partial charge in [-0.25, -0.2) is 0 Å². The molecule has 1 amide bonds. The van der Waals surface area contributed by atoms with E-state index in [1.165, 1.54) is 0 Å². The molecule has 1 aliphatic heterocycles. The van der Waals surface area contributed by atoms with E-state index in [-0.39, 0.29) is 18.1 Å². The van der Waals surface area contributed by atoms with Gasteiger partial charge in [-0.15, -0.1) is 0 Å². The highest BCUT2D eigenvalue weighted by Gasteiger charge is 2.29. The molecule has 0 spiro atoms. The highest BCUT2D eigenvalue weighted by molar-refractivity contribution is 5.87. The lowest BCUT2D eigenvalue weighted by Gasteiger charge is -2.25. The lowest BCUT2D eigenvalue weighted by atomic mass is 10.1. The van der Waals surface area contributed by atoms with Gasteiger partial charge in [0.2, 0.25) is 5.91 Å². The molecule has 0 saturated carbocycles. The molecule has 1 fully saturated rings. The van der Waals surface area contributed by atoms with Crippen molar-refractivity contribution in [2.24, 2.45) is 0 Å². The van der Waals surface area contributed by atoms with Gasteiger partial charge in [0.25, 0.3) is 0 Å². The van der Waals surface area contributed by atoms with Gasteiger partial charge in [-0.1, -0.05) is 6.08 Å². The van der Waals surface area contributed by atoms with Crippen LogP contribution >= 0.6 is 0 Å². The summed E-state index contributed by atoms with van der Waals surface area (Å²) in [5.74, 6) is 0.0600. The fourth-order valence-corrected chi connectivity index (χ4v) is 1.65. The maximum absolute atomic E-state index is 11.5. The fraction of sp³-hybridized carbons (Fsp3) is 0.700. The first kappa shape index (κ1) is 10.3. The summed E-state index contributed by atoms with van der Waals surface area (Å²) in [6.07, 6.45) is 4.46. The monoisotopic (exact) mass is 183 g/mol. The van der Waals surface area contributed by atoms with Crippen molar-refractivity contribution in [3.8, 4) is 0 Å². The van der Waals surface area contributed by atoms with Gasteiger partial charge in [0.15, 0.2) is 0 Å². The first-order valence-electron chi connectivity index (χ1n) is 4.68. The molecule has 2 unspecified atom stereocenters. The number of hydrogen-bond acceptors (Lipinski definition) is 2. The third-order valence-electron chi connectivity index (χ3n) is 2.49. The topological polar surface area (TPSA) is 29.5 Å². The molecule has 3 nitrogen and oxygen atoms in total. The van der Waals surface area contributed by atoms with Gasteiger partial charge < -0.3 is 9.64 Å². The van der Waals surface area contributed by atoms with E-state index in [1.54, 1.807) is 17.1 Å². The Morgan fingerprint density at radius 1 is 1.62 bits per heavy atom. The third-order valence-corrected chi connectivity index (χ3v) is 2.49. The molecular formula is C10H17NO2. The lowest BCUT2D eigenvalue weighted by Crippen LogP contribution is -2.40. The van der Waals surface area contributed by atoms with E-state index in [1.807, 2.05) is 20.9 Å². The predicted octanol–water partition coefficient (Wildman–Crippen LogP) is 1.20. The highest BCUT2D eigenvalue weighted by atomic mass is 16.5. The minimum atomic E-state index is 0.0600. The largest absolute Gasteiger partial charge is 0.376 e. The summed E-state index contributed by atoms with van der Waals surface area (Å²) in [4.78, 5) is 13.2. The SMILES string of the molecule is C/C=C/C(=O)N(C)C1CCOC1C. The van der Waals surface area contributed by atoms with Crippen molar-refractivity contribution >= 4 is 5.91 Å². The Labute approximate surface area is 79.4 Å². The normalized spacial score (nSPS) is 28.2. The molecule has 0 aromatic rings. The Morgan fingerprint density at radius 2 is 2.31 bits per heavy atom. The summed E-state index contributed by atoms with van der Waals surface area (Å²) in [5.41, 5.74) is 0. The molecule has 74 valence electrons. The van der Waals surface area contributed by atoms with Crippen LogP contribution < -0.4 is 0 Å². The lowest BCUT2D eigenvalue weighted by molar-refractivity contribution is -0.127. The number of amides is 1. The van der Waals surface area contributed by atoms with Crippen LogP contribution in [0.2, 0.25) is 0 Å². The van der Waals surface area contributed by atoms with Crippen LogP contribution in [-0.4, -0.2) is 36.6 Å². The number of nitrogens with zero attached hydrogens (tertiary/aromatic N) is 1. The molecular weight excluding hydrogens is 166 g/mol. The van der Waals surface area contributed by atoms with E-state index in [4.69, 9.17) is 4.74 Å². The number of hydrogen-bond donors (Lipinski definition) is 0. The Bertz CT molecular complexity index is 213. The second-order valence-electron chi connectivity index (χ2n) is 3.38. The molecule has 1 saturated heterocycles. The molecule has 0 aliphatic carbocycles. The zero-order valence-electron chi connectivity index (χ0n) is 8.49. The van der Waals surface area contributed by atoms with Crippen molar-refractivity contribution in [3.63, 3.8) is 0 Å². The average molecular weight is 183 g/mol. The first-order chi connectivity index (χ1) is 6.16. The smallest absolute Gasteiger partial charge is 0.246 e. The standard InChI is InChI=1S/C10H17NO2/c1-4-5-10(12)11(3)9-6-7-13-8(9)2/h4-5,8-9H,6-7H2,1-3H3/b5-4+. The molecule has 13 heavy (non-hydrogen) atoms. The number of allylic oxidation sites excluding steroid dienone is 1. The van der Waals surface area contributed by atoms with Crippen molar-refractivity contribution < 1.29 is 9.53 Å². The zero-order valence-corrected chi connectivity index (χ0v) is 8.49. The molecule has 0 aromatic heterocycles. The van der Waals surface area contributed by atoms with E-state index < -0.39 is 0 Å². The van der Waals surface area contributed by atoms with E-state index in [9.17, 15) is 4.79 Å². The molecule has 0 bridgehead atoms. The molecule has 1 heterocycles. The zero-order chi connectivity index (χ0) is 9.84. The van der Waals surface area contributed by atoms with Gasteiger partial charge in [0, 0.05) is 13.7 Å². The second-order valence-corrected chi connectivity index (χ2v) is 3.38. The Morgan fingerprint density at radius 3 is 2.77 bits per heavy atom. The molecule has 0 N–H and O–H groups in total. The van der Waals surface area contributed by atoms with Gasteiger partial charge >= 0.3 is 0 Å². The van der Waals surface area contributed by atoms with Crippen LogP contribution in [0.3, 0.4) is 0 Å². The Hall–Kier alpha value is -0.830. The maximum atomic E-state index is 11.5. The van der Waals surface area contributed by atoms with Crippen LogP contribution in [-0.2, 0) is 9.53 Å². The summed E-state index contributed by atoms with van der Waals surface area (Å²) in [5, 5.41) is 0. The van der Waals surface area contributed by atoms with Crippen LogP contribution in [0.4, 0.5) is 0 Å². The second kappa shape index (κ2) is 4.42. The molecule has 1 aliphatic rings. The van der Waals surface area contributed by atoms with E-state index in [2.05, 4.69) is 0 Å². The van der Waals surface area contributed by atoms with Gasteiger partial charge in [0.05, 0.1) is 12.1 Å². The number of likely N-dealkylation sites (N-methyl/N-ethyl adjacent to an activating group) is 1. The number of ether oxygens (including phenoxy) is 1. The summed E-state index contributed by atoms with van der Waals surface area (Å²) in [6, 6.07) is 0.240. The summed E-state index contributed by atoms with van der Waals surface area (Å²) in [7, 11) is 1.83. The van der Waals surface area contributed by atoms with Crippen molar-refractivity contribution in [3.05, 3.63) is 12.2 Å². The molecule has 0 radical (unpaired) electrons. The number of carbonyl (C=O) groups excluding carboxylic acids is 1. The average Bonchev–Trinajstić information content (AvgIpc) is 2.50. The van der Waals surface area contributed by atoms with Gasteiger partial charge in [-0.2, -0.15) is 0 Å². The van der Waals surface area contributed by atoms with Crippen LogP contribution in [0, 0.1) is 0 Å². The van der Waals surface area contributed by atoms with Crippen LogP contribution in [0.15, 0.2) is 12.2 Å². The van der Waals surface area contributed by atoms with Gasteiger partial charge in [-0.05, 0) is 26.3 Å². The van der Waals surface area contributed by atoms with E-state index >= 15 is 0 Å². The van der Waals surface area contributed by atoms with Crippen LogP contribution in [0.5, 0.6) is 0 Å². The Kier molecular flexibility index (Phi) is 3.48. The quantitative estimate of drug-likeness (QED) is 0.602. The number of rotatable bonds is 2. The Balaban J connectivity index is 2.55. The van der Waals surface area contributed by atoms with E-state index in [0.29, 0.717) is 0 Å². The third kappa shape index (κ3) is 2.31. The number of carbonyl (C=O) groups is 1. The highest BCUT2D eigenvalue weighted by Crippen LogP contribution is 2.18.